The predicted octanol–water partition coefficient (Wildman–Crippen LogP) is 3.54. The van der Waals surface area contributed by atoms with E-state index in [4.69, 9.17) is 4.74 Å². The van der Waals surface area contributed by atoms with Gasteiger partial charge in [-0.25, -0.2) is 0 Å². The summed E-state index contributed by atoms with van der Waals surface area (Å²) in [5, 5.41) is 10.7. The van der Waals surface area contributed by atoms with Crippen molar-refractivity contribution >= 4 is 18.6 Å². The smallest absolute Gasteiger partial charge is 0.307 e. The second-order valence-electron chi connectivity index (χ2n) is 7.64. The Hall–Kier alpha value is -0.740. The number of fused-ring (bicyclic) bond motifs is 1. The topological polar surface area (TPSA) is 46.5 Å². The molecule has 0 radical (unpaired) electrons. The molecular formula is C19H28O3S. The van der Waals surface area contributed by atoms with E-state index >= 15 is 0 Å². The van der Waals surface area contributed by atoms with Crippen molar-refractivity contribution in [3.05, 3.63) is 23.8 Å². The normalized spacial score (nSPS) is 43.6. The highest BCUT2D eigenvalue weighted by Crippen LogP contribution is 2.44. The van der Waals surface area contributed by atoms with Gasteiger partial charge in [-0.2, -0.15) is 12.6 Å². The van der Waals surface area contributed by atoms with Crippen molar-refractivity contribution in [3.63, 3.8) is 0 Å². The molecule has 1 heterocycles. The Labute approximate surface area is 144 Å². The number of cyclic esters (lactones) is 1. The van der Waals surface area contributed by atoms with Crippen molar-refractivity contribution in [2.45, 2.75) is 63.4 Å². The lowest BCUT2D eigenvalue weighted by Gasteiger charge is -2.42. The van der Waals surface area contributed by atoms with Crippen LogP contribution in [0.5, 0.6) is 0 Å². The van der Waals surface area contributed by atoms with Crippen molar-refractivity contribution in [2.75, 3.05) is 0 Å². The first-order chi connectivity index (χ1) is 10.9. The number of carbonyl (C=O) groups excluding carboxylic acids is 1. The molecule has 23 heavy (non-hydrogen) atoms. The third kappa shape index (κ3) is 3.85. The Morgan fingerprint density at radius 2 is 2.09 bits per heavy atom. The van der Waals surface area contributed by atoms with Gasteiger partial charge in [0, 0.05) is 11.2 Å². The fourth-order valence-electron chi connectivity index (χ4n) is 4.55. The number of hydrogen-bond donors (Lipinski definition) is 2. The van der Waals surface area contributed by atoms with Crippen LogP contribution in [0.15, 0.2) is 23.8 Å². The molecule has 0 spiro atoms. The van der Waals surface area contributed by atoms with Gasteiger partial charge in [0.15, 0.2) is 0 Å². The molecule has 3 rings (SSSR count). The minimum atomic E-state index is -0.256. The Balaban J connectivity index is 1.67. The van der Waals surface area contributed by atoms with Gasteiger partial charge in [-0.1, -0.05) is 32.1 Å². The van der Waals surface area contributed by atoms with Gasteiger partial charge in [0.25, 0.3) is 0 Å². The molecule has 4 heteroatoms. The Morgan fingerprint density at radius 3 is 2.83 bits per heavy atom. The van der Waals surface area contributed by atoms with Crippen molar-refractivity contribution in [1.29, 1.82) is 0 Å². The summed E-state index contributed by atoms with van der Waals surface area (Å²) in [6.45, 7) is 4.40. The van der Waals surface area contributed by atoms with Gasteiger partial charge in [0.2, 0.25) is 0 Å². The zero-order valence-electron chi connectivity index (χ0n) is 14.0. The number of aliphatic hydroxyl groups is 1. The van der Waals surface area contributed by atoms with Gasteiger partial charge in [-0.15, -0.1) is 0 Å². The maximum atomic E-state index is 11.6. The highest BCUT2D eigenvalue weighted by molar-refractivity contribution is 7.81. The number of thiol groups is 1. The van der Waals surface area contributed by atoms with E-state index in [0.717, 1.165) is 25.7 Å². The summed E-state index contributed by atoms with van der Waals surface area (Å²) in [5.41, 5.74) is 1.30. The van der Waals surface area contributed by atoms with Crippen molar-refractivity contribution < 1.29 is 14.6 Å². The van der Waals surface area contributed by atoms with Crippen LogP contribution in [-0.2, 0) is 9.53 Å². The number of esters is 1. The molecule has 3 aliphatic rings. The number of allylic oxidation sites excluding steroid dienone is 3. The second kappa shape index (κ2) is 7.02. The number of hydrogen-bond acceptors (Lipinski definition) is 4. The van der Waals surface area contributed by atoms with Gasteiger partial charge >= 0.3 is 5.97 Å². The SMILES string of the molecule is C[C@H]1C=C2C=C[C@H](C)[C@H](CCC3C[C@@H](S)CC(=O)O3)C2[C@@H](O)C1. The lowest BCUT2D eigenvalue weighted by atomic mass is 9.65. The van der Waals surface area contributed by atoms with E-state index < -0.39 is 0 Å². The average Bonchev–Trinajstić information content (AvgIpc) is 2.45. The maximum Gasteiger partial charge on any atom is 0.307 e. The zero-order valence-corrected chi connectivity index (χ0v) is 14.9. The first-order valence-corrected chi connectivity index (χ1v) is 9.41. The summed E-state index contributed by atoms with van der Waals surface area (Å²) in [6, 6.07) is 0. The van der Waals surface area contributed by atoms with Crippen LogP contribution in [0.2, 0.25) is 0 Å². The van der Waals surface area contributed by atoms with E-state index in [1.807, 2.05) is 0 Å². The Morgan fingerprint density at radius 1 is 1.30 bits per heavy atom. The molecule has 1 fully saturated rings. The van der Waals surface area contributed by atoms with Crippen molar-refractivity contribution in [2.24, 2.45) is 23.7 Å². The van der Waals surface area contributed by atoms with E-state index in [0.29, 0.717) is 24.2 Å². The first kappa shape index (κ1) is 17.1. The van der Waals surface area contributed by atoms with E-state index in [-0.39, 0.29) is 29.3 Å². The molecule has 7 atom stereocenters. The molecule has 0 amide bonds. The molecule has 2 aliphatic carbocycles. The minimum absolute atomic E-state index is 0.0102. The third-order valence-corrected chi connectivity index (χ3v) is 6.07. The first-order valence-electron chi connectivity index (χ1n) is 8.89. The summed E-state index contributed by atoms with van der Waals surface area (Å²) >= 11 is 4.46. The molecule has 128 valence electrons. The summed E-state index contributed by atoms with van der Waals surface area (Å²) in [6.07, 6.45) is 10.5. The molecule has 3 nitrogen and oxygen atoms in total. The number of carbonyl (C=O) groups is 1. The molecule has 0 bridgehead atoms. The van der Waals surface area contributed by atoms with Crippen LogP contribution in [0, 0.1) is 23.7 Å². The van der Waals surface area contributed by atoms with Crippen molar-refractivity contribution in [1.82, 2.24) is 0 Å². The summed E-state index contributed by atoms with van der Waals surface area (Å²) in [7, 11) is 0. The lowest BCUT2D eigenvalue weighted by Crippen LogP contribution is -2.39. The standard InChI is InChI=1S/C19H28O3S/c1-11-7-13-4-3-12(2)16(19(13)17(20)8-11)6-5-14-9-15(23)10-18(21)22-14/h3-4,7,11-12,14-17,19-20,23H,5-6,8-10H2,1-2H3/t11-,12-,14?,15+,16-,17-,19?/m0/s1. The maximum absolute atomic E-state index is 11.6. The zero-order chi connectivity index (χ0) is 16.6. The number of aliphatic hydroxyl groups excluding tert-OH is 1. The Kier molecular flexibility index (Phi) is 5.22. The molecule has 1 saturated heterocycles. The number of rotatable bonds is 3. The summed E-state index contributed by atoms with van der Waals surface area (Å²) < 4.78 is 5.48. The van der Waals surface area contributed by atoms with E-state index in [1.54, 1.807) is 0 Å². The largest absolute Gasteiger partial charge is 0.462 e. The number of ether oxygens (including phenoxy) is 1. The summed E-state index contributed by atoms with van der Waals surface area (Å²) in [4.78, 5) is 11.6. The minimum Gasteiger partial charge on any atom is -0.462 e. The van der Waals surface area contributed by atoms with Gasteiger partial charge in [0.1, 0.15) is 6.10 Å². The fraction of sp³-hybridized carbons (Fsp3) is 0.737. The van der Waals surface area contributed by atoms with Gasteiger partial charge in [-0.05, 0) is 49.0 Å². The van der Waals surface area contributed by atoms with Crippen LogP contribution in [0.4, 0.5) is 0 Å². The van der Waals surface area contributed by atoms with Gasteiger partial charge in [-0.3, -0.25) is 4.79 Å². The quantitative estimate of drug-likeness (QED) is 0.612. The van der Waals surface area contributed by atoms with Crippen LogP contribution in [-0.4, -0.2) is 28.5 Å². The van der Waals surface area contributed by atoms with Gasteiger partial charge < -0.3 is 9.84 Å². The fourth-order valence-corrected chi connectivity index (χ4v) is 4.93. The van der Waals surface area contributed by atoms with Crippen LogP contribution in [0.3, 0.4) is 0 Å². The highest BCUT2D eigenvalue weighted by Gasteiger charge is 2.39. The lowest BCUT2D eigenvalue weighted by molar-refractivity contribution is -0.153. The Bertz CT molecular complexity index is 513. The molecule has 1 N–H and O–H groups in total. The van der Waals surface area contributed by atoms with E-state index in [1.165, 1.54) is 5.57 Å². The monoisotopic (exact) mass is 336 g/mol. The molecule has 2 unspecified atom stereocenters. The van der Waals surface area contributed by atoms with Crippen LogP contribution >= 0.6 is 12.6 Å². The second-order valence-corrected chi connectivity index (χ2v) is 8.37. The molecule has 0 saturated carbocycles. The molecule has 0 aromatic carbocycles. The molecule has 0 aromatic heterocycles. The van der Waals surface area contributed by atoms with E-state index in [2.05, 4.69) is 44.7 Å². The molecule has 0 aromatic rings. The average molecular weight is 336 g/mol. The highest BCUT2D eigenvalue weighted by atomic mass is 32.1. The van der Waals surface area contributed by atoms with Crippen molar-refractivity contribution in [3.8, 4) is 0 Å². The van der Waals surface area contributed by atoms with Gasteiger partial charge in [0.05, 0.1) is 12.5 Å². The molecule has 1 aliphatic heterocycles. The van der Waals surface area contributed by atoms with Crippen LogP contribution in [0.25, 0.3) is 0 Å². The third-order valence-electron chi connectivity index (χ3n) is 5.68. The molecular weight excluding hydrogens is 308 g/mol. The van der Waals surface area contributed by atoms with E-state index in [9.17, 15) is 9.90 Å². The summed E-state index contributed by atoms with van der Waals surface area (Å²) in [5.74, 6) is 1.43. The van der Waals surface area contributed by atoms with Crippen LogP contribution < -0.4 is 0 Å². The van der Waals surface area contributed by atoms with Crippen LogP contribution in [0.1, 0.15) is 46.0 Å². The predicted molar refractivity (Wildman–Crippen MR) is 94.3 cm³/mol.